The molecule has 0 bridgehead atoms. The van der Waals surface area contributed by atoms with Crippen molar-refractivity contribution in [2.24, 2.45) is 0 Å². The average molecular weight is 368 g/mol. The van der Waals surface area contributed by atoms with Gasteiger partial charge in [0.2, 0.25) is 11.9 Å². The second kappa shape index (κ2) is 6.96. The highest BCUT2D eigenvalue weighted by atomic mass is 16.6. The quantitative estimate of drug-likeness (QED) is 0.394. The van der Waals surface area contributed by atoms with Gasteiger partial charge in [-0.1, -0.05) is 0 Å². The molecule has 3 N–H and O–H groups in total. The summed E-state index contributed by atoms with van der Waals surface area (Å²) in [7, 11) is 0. The first-order chi connectivity index (χ1) is 13.1. The Balaban J connectivity index is 1.61. The van der Waals surface area contributed by atoms with Crippen molar-refractivity contribution >= 4 is 40.0 Å². The number of rotatable bonds is 4. The van der Waals surface area contributed by atoms with Crippen LogP contribution in [0.2, 0.25) is 0 Å². The lowest BCUT2D eigenvalue weighted by Crippen LogP contribution is -2.37. The summed E-state index contributed by atoms with van der Waals surface area (Å²) < 4.78 is 5.33. The van der Waals surface area contributed by atoms with E-state index in [2.05, 4.69) is 25.3 Å². The first kappa shape index (κ1) is 16.8. The number of nitrogens with zero attached hydrogens (tertiary/aromatic N) is 6. The van der Waals surface area contributed by atoms with Crippen LogP contribution in [0.15, 0.2) is 30.6 Å². The van der Waals surface area contributed by atoms with Gasteiger partial charge in [0.05, 0.1) is 30.5 Å². The molecule has 0 saturated carbocycles. The lowest BCUT2D eigenvalue weighted by atomic mass is 10.2. The minimum absolute atomic E-state index is 0.155. The summed E-state index contributed by atoms with van der Waals surface area (Å²) in [6.07, 6.45) is 3.16. The maximum atomic E-state index is 11.2. The fourth-order valence-electron chi connectivity index (χ4n) is 2.73. The molecule has 0 aliphatic carbocycles. The second-order valence-corrected chi connectivity index (χ2v) is 5.89. The molecule has 0 unspecified atom stereocenters. The predicted octanol–water partition coefficient (Wildman–Crippen LogP) is 1.49. The number of hydrogen-bond acceptors (Lipinski definition) is 10. The topological polar surface area (TPSA) is 145 Å². The zero-order valence-electron chi connectivity index (χ0n) is 14.2. The molecule has 0 amide bonds. The molecule has 138 valence electrons. The van der Waals surface area contributed by atoms with Crippen LogP contribution in [0, 0.1) is 10.1 Å². The van der Waals surface area contributed by atoms with Crippen molar-refractivity contribution in [3.8, 4) is 0 Å². The fraction of sp³-hybridized carbons (Fsp3) is 0.250. The molecule has 3 aromatic rings. The highest BCUT2D eigenvalue weighted by molar-refractivity contribution is 5.76. The number of nitrogens with two attached hydrogens (primary N) is 1. The third-order valence-electron chi connectivity index (χ3n) is 4.08. The van der Waals surface area contributed by atoms with Gasteiger partial charge in [0.1, 0.15) is 16.7 Å². The van der Waals surface area contributed by atoms with Crippen LogP contribution in [0.4, 0.5) is 29.0 Å². The number of ether oxygens (including phenoxy) is 1. The van der Waals surface area contributed by atoms with E-state index in [4.69, 9.17) is 10.5 Å². The van der Waals surface area contributed by atoms with Crippen molar-refractivity contribution in [3.05, 3.63) is 40.7 Å². The van der Waals surface area contributed by atoms with E-state index in [9.17, 15) is 10.1 Å². The van der Waals surface area contributed by atoms with Crippen molar-refractivity contribution in [3.63, 3.8) is 0 Å². The molecular formula is C16H16N8O3. The summed E-state index contributed by atoms with van der Waals surface area (Å²) >= 11 is 0. The number of aromatic nitrogens is 4. The molecule has 1 aromatic carbocycles. The van der Waals surface area contributed by atoms with Crippen LogP contribution in [0.1, 0.15) is 0 Å². The minimum atomic E-state index is -0.516. The number of nitro benzene ring substituents is 1. The summed E-state index contributed by atoms with van der Waals surface area (Å²) in [6.45, 7) is 2.74. The van der Waals surface area contributed by atoms with E-state index < -0.39 is 4.92 Å². The number of benzene rings is 1. The number of nitrogens with one attached hydrogen (secondary N) is 1. The van der Waals surface area contributed by atoms with Crippen molar-refractivity contribution in [1.29, 1.82) is 0 Å². The summed E-state index contributed by atoms with van der Waals surface area (Å²) in [4.78, 5) is 30.1. The summed E-state index contributed by atoms with van der Waals surface area (Å²) in [5.74, 6) is 0.808. The summed E-state index contributed by atoms with van der Waals surface area (Å²) in [5.41, 5.74) is 7.13. The maximum absolute atomic E-state index is 11.2. The van der Waals surface area contributed by atoms with Gasteiger partial charge in [0.25, 0.3) is 5.69 Å². The Morgan fingerprint density at radius 2 is 1.89 bits per heavy atom. The molecule has 11 heteroatoms. The Kier molecular flexibility index (Phi) is 4.34. The highest BCUT2D eigenvalue weighted by Gasteiger charge is 2.17. The monoisotopic (exact) mass is 368 g/mol. The number of nitro groups is 1. The third kappa shape index (κ3) is 3.53. The number of fused-ring (bicyclic) bond motifs is 1. The van der Waals surface area contributed by atoms with Crippen LogP contribution < -0.4 is 16.0 Å². The fourth-order valence-corrected chi connectivity index (χ4v) is 2.73. The molecule has 1 fully saturated rings. The molecule has 1 aliphatic heterocycles. The number of nitrogen functional groups attached to an aromatic ring is 1. The lowest BCUT2D eigenvalue weighted by molar-refractivity contribution is -0.383. The van der Waals surface area contributed by atoms with Crippen LogP contribution in [0.25, 0.3) is 11.0 Å². The standard InChI is InChI=1S/C16H16N8O3/c17-10-1-2-11(14(7-10)24(25)26)20-15-18-8-13-12(21-15)9-19-16(22-13)23-3-5-27-6-4-23/h1-2,7-9H,3-6,17H2,(H,18,20,21). The van der Waals surface area contributed by atoms with E-state index in [0.717, 1.165) is 13.1 Å². The largest absolute Gasteiger partial charge is 0.399 e. The minimum Gasteiger partial charge on any atom is -0.399 e. The normalized spacial score (nSPS) is 14.3. The Morgan fingerprint density at radius 1 is 1.15 bits per heavy atom. The van der Waals surface area contributed by atoms with Gasteiger partial charge in [-0.15, -0.1) is 0 Å². The Hall–Kier alpha value is -3.60. The van der Waals surface area contributed by atoms with Crippen LogP contribution in [-0.4, -0.2) is 51.2 Å². The molecule has 27 heavy (non-hydrogen) atoms. The zero-order valence-corrected chi connectivity index (χ0v) is 14.2. The van der Waals surface area contributed by atoms with Crippen molar-refractivity contribution in [1.82, 2.24) is 19.9 Å². The number of morpholine rings is 1. The Labute approximate surface area is 153 Å². The average Bonchev–Trinajstić information content (AvgIpc) is 2.69. The van der Waals surface area contributed by atoms with Crippen LogP contribution in [0.5, 0.6) is 0 Å². The predicted molar refractivity (Wildman–Crippen MR) is 99.0 cm³/mol. The van der Waals surface area contributed by atoms with E-state index >= 15 is 0 Å². The second-order valence-electron chi connectivity index (χ2n) is 5.89. The van der Waals surface area contributed by atoms with Gasteiger partial charge in [0, 0.05) is 24.8 Å². The zero-order chi connectivity index (χ0) is 18.8. The van der Waals surface area contributed by atoms with Crippen molar-refractivity contribution in [2.75, 3.05) is 42.3 Å². The SMILES string of the molecule is Nc1ccc(Nc2ncc3nc(N4CCOCC4)ncc3n2)c([N+](=O)[O-])c1. The Morgan fingerprint density at radius 3 is 2.67 bits per heavy atom. The number of hydrogen-bond donors (Lipinski definition) is 2. The first-order valence-corrected chi connectivity index (χ1v) is 8.23. The molecule has 2 aromatic heterocycles. The van der Waals surface area contributed by atoms with Gasteiger partial charge < -0.3 is 20.7 Å². The smallest absolute Gasteiger partial charge is 0.294 e. The summed E-state index contributed by atoms with van der Waals surface area (Å²) in [6, 6.07) is 4.36. The van der Waals surface area contributed by atoms with E-state index in [1.165, 1.54) is 12.1 Å². The third-order valence-corrected chi connectivity index (χ3v) is 4.08. The summed E-state index contributed by atoms with van der Waals surface area (Å²) in [5, 5.41) is 14.0. The van der Waals surface area contributed by atoms with E-state index in [1.54, 1.807) is 18.5 Å². The molecule has 0 spiro atoms. The van der Waals surface area contributed by atoms with Crippen LogP contribution >= 0.6 is 0 Å². The highest BCUT2D eigenvalue weighted by Crippen LogP contribution is 2.28. The van der Waals surface area contributed by atoms with E-state index in [0.29, 0.717) is 35.9 Å². The van der Waals surface area contributed by atoms with Gasteiger partial charge in [0.15, 0.2) is 0 Å². The molecule has 3 heterocycles. The molecule has 1 saturated heterocycles. The van der Waals surface area contributed by atoms with Crippen LogP contribution in [-0.2, 0) is 4.74 Å². The van der Waals surface area contributed by atoms with Gasteiger partial charge in [-0.3, -0.25) is 10.1 Å². The van der Waals surface area contributed by atoms with E-state index in [-0.39, 0.29) is 17.3 Å². The van der Waals surface area contributed by atoms with Gasteiger partial charge in [-0.2, -0.15) is 0 Å². The lowest BCUT2D eigenvalue weighted by Gasteiger charge is -2.26. The van der Waals surface area contributed by atoms with Crippen molar-refractivity contribution < 1.29 is 9.66 Å². The molecule has 4 rings (SSSR count). The van der Waals surface area contributed by atoms with Crippen molar-refractivity contribution in [2.45, 2.75) is 0 Å². The van der Waals surface area contributed by atoms with Gasteiger partial charge in [-0.25, -0.2) is 19.9 Å². The Bertz CT molecular complexity index is 1010. The molecular weight excluding hydrogens is 352 g/mol. The molecule has 11 nitrogen and oxygen atoms in total. The van der Waals surface area contributed by atoms with Crippen LogP contribution in [0.3, 0.4) is 0 Å². The maximum Gasteiger partial charge on any atom is 0.294 e. The first-order valence-electron chi connectivity index (χ1n) is 8.23. The molecule has 1 aliphatic rings. The van der Waals surface area contributed by atoms with Gasteiger partial charge >= 0.3 is 0 Å². The van der Waals surface area contributed by atoms with Gasteiger partial charge in [-0.05, 0) is 12.1 Å². The molecule has 0 atom stereocenters. The number of anilines is 4. The van der Waals surface area contributed by atoms with E-state index in [1.807, 2.05) is 4.90 Å². The molecule has 0 radical (unpaired) electrons.